The van der Waals surface area contributed by atoms with Gasteiger partial charge in [0.05, 0.1) is 12.2 Å². The first-order valence-corrected chi connectivity index (χ1v) is 6.85. The summed E-state index contributed by atoms with van der Waals surface area (Å²) in [6.45, 7) is 0.280. The fourth-order valence-corrected chi connectivity index (χ4v) is 2.21. The van der Waals surface area contributed by atoms with Gasteiger partial charge in [0, 0.05) is 17.0 Å². The van der Waals surface area contributed by atoms with Crippen LogP contribution < -0.4 is 11.1 Å². The maximum atomic E-state index is 11.9. The van der Waals surface area contributed by atoms with E-state index < -0.39 is 0 Å². The molecule has 0 radical (unpaired) electrons. The van der Waals surface area contributed by atoms with Crippen molar-refractivity contribution in [2.45, 2.75) is 25.7 Å². The van der Waals surface area contributed by atoms with Crippen molar-refractivity contribution in [3.8, 4) is 11.8 Å². The Labute approximate surface area is 118 Å². The quantitative estimate of drug-likeness (QED) is 0.834. The van der Waals surface area contributed by atoms with E-state index in [0.29, 0.717) is 28.6 Å². The maximum Gasteiger partial charge on any atom is 0.224 e. The Kier molecular flexibility index (Phi) is 4.84. The molecule has 3 nitrogen and oxygen atoms in total. The Balaban J connectivity index is 2.07. The maximum absolute atomic E-state index is 11.9. The summed E-state index contributed by atoms with van der Waals surface area (Å²) in [6.07, 6.45) is 4.15. The first-order chi connectivity index (χ1) is 9.19. The third-order valence-electron chi connectivity index (χ3n) is 3.28. The van der Waals surface area contributed by atoms with Crippen LogP contribution in [0, 0.1) is 17.8 Å². The number of carbonyl (C=O) groups excluding carboxylic acids is 1. The average Bonchev–Trinajstić information content (AvgIpc) is 2.34. The number of rotatable bonds is 3. The predicted molar refractivity (Wildman–Crippen MR) is 78.0 cm³/mol. The van der Waals surface area contributed by atoms with Crippen LogP contribution in [0.2, 0.25) is 5.02 Å². The van der Waals surface area contributed by atoms with Crippen LogP contribution in [0.5, 0.6) is 0 Å². The summed E-state index contributed by atoms with van der Waals surface area (Å²) in [5.41, 5.74) is 6.77. The number of nitrogens with one attached hydrogen (secondary N) is 1. The molecule has 4 heteroatoms. The van der Waals surface area contributed by atoms with Gasteiger partial charge in [-0.1, -0.05) is 29.9 Å². The standard InChI is InChI=1S/C15H17ClN2O/c16-13-6-7-14(12(10-13)5-2-8-17)18-15(19)9-11-3-1-4-11/h6-7,10-11H,1,3-4,8-9,17H2,(H,18,19). The second-order valence-electron chi connectivity index (χ2n) is 4.75. The van der Waals surface area contributed by atoms with E-state index in [9.17, 15) is 4.79 Å². The van der Waals surface area contributed by atoms with Crippen LogP contribution in [0.4, 0.5) is 5.69 Å². The Morgan fingerprint density at radius 2 is 2.26 bits per heavy atom. The number of benzene rings is 1. The van der Waals surface area contributed by atoms with Gasteiger partial charge in [-0.3, -0.25) is 4.79 Å². The van der Waals surface area contributed by atoms with Gasteiger partial charge < -0.3 is 11.1 Å². The second-order valence-corrected chi connectivity index (χ2v) is 5.18. The minimum atomic E-state index is 0.0443. The number of carbonyl (C=O) groups is 1. The average molecular weight is 277 g/mol. The minimum absolute atomic E-state index is 0.0443. The Morgan fingerprint density at radius 1 is 1.47 bits per heavy atom. The van der Waals surface area contributed by atoms with Crippen molar-refractivity contribution >= 4 is 23.2 Å². The molecule has 3 N–H and O–H groups in total. The largest absolute Gasteiger partial charge is 0.325 e. The molecular weight excluding hydrogens is 260 g/mol. The number of hydrogen-bond acceptors (Lipinski definition) is 2. The second kappa shape index (κ2) is 6.60. The normalized spacial score (nSPS) is 14.2. The van der Waals surface area contributed by atoms with E-state index in [1.54, 1.807) is 18.2 Å². The highest BCUT2D eigenvalue weighted by Gasteiger charge is 2.20. The lowest BCUT2D eigenvalue weighted by Crippen LogP contribution is -2.21. The molecule has 0 spiro atoms. The van der Waals surface area contributed by atoms with Gasteiger partial charge in [-0.05, 0) is 37.0 Å². The summed E-state index contributed by atoms with van der Waals surface area (Å²) in [6, 6.07) is 5.26. The zero-order valence-electron chi connectivity index (χ0n) is 10.7. The molecule has 1 aliphatic carbocycles. The van der Waals surface area contributed by atoms with Gasteiger partial charge >= 0.3 is 0 Å². The minimum Gasteiger partial charge on any atom is -0.325 e. The van der Waals surface area contributed by atoms with Crippen LogP contribution in [0.15, 0.2) is 18.2 Å². The zero-order chi connectivity index (χ0) is 13.7. The molecule has 0 saturated heterocycles. The lowest BCUT2D eigenvalue weighted by atomic mass is 9.83. The Hall–Kier alpha value is -1.50. The van der Waals surface area contributed by atoms with E-state index in [0.717, 1.165) is 12.8 Å². The molecule has 0 heterocycles. The molecule has 1 aromatic carbocycles. The molecule has 0 bridgehead atoms. The van der Waals surface area contributed by atoms with Crippen molar-refractivity contribution in [1.82, 2.24) is 0 Å². The smallest absolute Gasteiger partial charge is 0.224 e. The Morgan fingerprint density at radius 3 is 2.89 bits per heavy atom. The van der Waals surface area contributed by atoms with E-state index in [2.05, 4.69) is 17.2 Å². The first-order valence-electron chi connectivity index (χ1n) is 6.47. The topological polar surface area (TPSA) is 55.1 Å². The van der Waals surface area contributed by atoms with Crippen molar-refractivity contribution in [3.05, 3.63) is 28.8 Å². The van der Waals surface area contributed by atoms with E-state index in [-0.39, 0.29) is 12.5 Å². The van der Waals surface area contributed by atoms with Gasteiger partial charge in [0.2, 0.25) is 5.91 Å². The van der Waals surface area contributed by atoms with Crippen LogP contribution in [0.3, 0.4) is 0 Å². The molecule has 1 aromatic rings. The van der Waals surface area contributed by atoms with Gasteiger partial charge in [0.1, 0.15) is 0 Å². The highest BCUT2D eigenvalue weighted by atomic mass is 35.5. The number of nitrogens with two attached hydrogens (primary N) is 1. The van der Waals surface area contributed by atoms with E-state index in [4.69, 9.17) is 17.3 Å². The van der Waals surface area contributed by atoms with Gasteiger partial charge in [0.25, 0.3) is 0 Å². The third-order valence-corrected chi connectivity index (χ3v) is 3.51. The van der Waals surface area contributed by atoms with Crippen LogP contribution in [-0.2, 0) is 4.79 Å². The predicted octanol–water partition coefficient (Wildman–Crippen LogP) is 2.78. The van der Waals surface area contributed by atoms with Crippen LogP contribution >= 0.6 is 11.6 Å². The lowest BCUT2D eigenvalue weighted by molar-refractivity contribution is -0.117. The van der Waals surface area contributed by atoms with Crippen LogP contribution in [-0.4, -0.2) is 12.5 Å². The summed E-state index contributed by atoms with van der Waals surface area (Å²) in [5, 5.41) is 3.50. The van der Waals surface area contributed by atoms with Gasteiger partial charge in [-0.15, -0.1) is 0 Å². The monoisotopic (exact) mass is 276 g/mol. The molecular formula is C15H17ClN2O. The van der Waals surface area contributed by atoms with Crippen molar-refractivity contribution in [2.75, 3.05) is 11.9 Å². The summed E-state index contributed by atoms with van der Waals surface area (Å²) >= 11 is 5.94. The number of hydrogen-bond donors (Lipinski definition) is 2. The molecule has 2 rings (SSSR count). The molecule has 0 aliphatic heterocycles. The molecule has 100 valence electrons. The zero-order valence-corrected chi connectivity index (χ0v) is 11.5. The van der Waals surface area contributed by atoms with Crippen molar-refractivity contribution in [2.24, 2.45) is 11.7 Å². The van der Waals surface area contributed by atoms with Crippen molar-refractivity contribution in [3.63, 3.8) is 0 Å². The molecule has 19 heavy (non-hydrogen) atoms. The fraction of sp³-hybridized carbons (Fsp3) is 0.400. The third kappa shape index (κ3) is 3.99. The fourth-order valence-electron chi connectivity index (χ4n) is 2.04. The van der Waals surface area contributed by atoms with Gasteiger partial charge in [0.15, 0.2) is 0 Å². The van der Waals surface area contributed by atoms with Gasteiger partial charge in [-0.25, -0.2) is 0 Å². The molecule has 0 unspecified atom stereocenters. The number of anilines is 1. The van der Waals surface area contributed by atoms with E-state index in [1.165, 1.54) is 6.42 Å². The van der Waals surface area contributed by atoms with Crippen molar-refractivity contribution < 1.29 is 4.79 Å². The van der Waals surface area contributed by atoms with Crippen LogP contribution in [0.25, 0.3) is 0 Å². The number of amides is 1. The van der Waals surface area contributed by atoms with E-state index >= 15 is 0 Å². The van der Waals surface area contributed by atoms with Crippen molar-refractivity contribution in [1.29, 1.82) is 0 Å². The Bertz CT molecular complexity index is 527. The molecule has 1 aliphatic rings. The SMILES string of the molecule is NCC#Cc1cc(Cl)ccc1NC(=O)CC1CCC1. The summed E-state index contributed by atoms with van der Waals surface area (Å²) in [7, 11) is 0. The molecule has 1 saturated carbocycles. The van der Waals surface area contributed by atoms with Gasteiger partial charge in [-0.2, -0.15) is 0 Å². The summed E-state index contributed by atoms with van der Waals surface area (Å²) < 4.78 is 0. The summed E-state index contributed by atoms with van der Waals surface area (Å²) in [5.74, 6) is 6.29. The summed E-state index contributed by atoms with van der Waals surface area (Å²) in [4.78, 5) is 11.9. The molecule has 1 fully saturated rings. The molecule has 0 aromatic heterocycles. The van der Waals surface area contributed by atoms with Crippen LogP contribution in [0.1, 0.15) is 31.2 Å². The molecule has 0 atom stereocenters. The van der Waals surface area contributed by atoms with E-state index in [1.807, 2.05) is 0 Å². The highest BCUT2D eigenvalue weighted by molar-refractivity contribution is 6.30. The highest BCUT2D eigenvalue weighted by Crippen LogP contribution is 2.30. The lowest BCUT2D eigenvalue weighted by Gasteiger charge is -2.24. The molecule has 1 amide bonds. The number of halogens is 1. The first kappa shape index (κ1) is 13.9.